The Morgan fingerprint density at radius 3 is 2.58 bits per heavy atom. The van der Waals surface area contributed by atoms with E-state index in [0.29, 0.717) is 69.1 Å². The van der Waals surface area contributed by atoms with Gasteiger partial charge in [-0.1, -0.05) is 12.1 Å². The van der Waals surface area contributed by atoms with Crippen LogP contribution in [0.3, 0.4) is 0 Å². The number of hydrogen-bond donors (Lipinski definition) is 4. The molecule has 0 spiro atoms. The Hall–Kier alpha value is -5.60. The van der Waals surface area contributed by atoms with Gasteiger partial charge in [-0.2, -0.15) is 0 Å². The van der Waals surface area contributed by atoms with Gasteiger partial charge in [0.25, 0.3) is 12.3 Å². The average Bonchev–Trinajstić information content (AvgIpc) is 3.99. The van der Waals surface area contributed by atoms with Crippen LogP contribution in [-0.4, -0.2) is 124 Å². The Kier molecular flexibility index (Phi) is 12.8. The lowest BCUT2D eigenvalue weighted by Crippen LogP contribution is -2.49. The third-order valence-electron chi connectivity index (χ3n) is 14.2. The van der Waals surface area contributed by atoms with Gasteiger partial charge in [0.2, 0.25) is 11.8 Å². The molecular weight excluding hydrogens is 848 g/mol. The van der Waals surface area contributed by atoms with E-state index in [-0.39, 0.29) is 78.3 Å². The summed E-state index contributed by atoms with van der Waals surface area (Å²) in [5, 5.41) is 4.82. The number of allylic oxidation sites excluding steroid dienone is 2. The zero-order chi connectivity index (χ0) is 45.5. The number of anilines is 1. The highest BCUT2D eigenvalue weighted by Crippen LogP contribution is 2.43. The zero-order valence-corrected chi connectivity index (χ0v) is 36.3. The number of imidazole rings is 1. The molecule has 1 unspecified atom stereocenters. The van der Waals surface area contributed by atoms with E-state index in [1.54, 1.807) is 17.7 Å². The number of ether oxygens (including phenoxy) is 2. The van der Waals surface area contributed by atoms with Crippen LogP contribution < -0.4 is 32.7 Å². The fourth-order valence-corrected chi connectivity index (χ4v) is 10.5. The number of carbonyl (C=O) groups excluding carboxylic acids is 3. The Labute approximate surface area is 373 Å². The molecule has 6 aliphatic rings. The highest BCUT2D eigenvalue weighted by atomic mass is 19.3. The smallest absolute Gasteiger partial charge is 0.329 e. The minimum absolute atomic E-state index is 0.0444. The molecule has 3 amide bonds. The molecule has 348 valence electrons. The van der Waals surface area contributed by atoms with Crippen LogP contribution in [0.15, 0.2) is 57.8 Å². The Bertz CT molecular complexity index is 2460. The minimum Gasteiger partial charge on any atom is -0.404 e. The maximum atomic E-state index is 15.7. The van der Waals surface area contributed by atoms with E-state index < -0.39 is 42.3 Å². The molecule has 4 aliphatic heterocycles. The molecule has 1 aromatic carbocycles. The Morgan fingerprint density at radius 1 is 1.09 bits per heavy atom. The lowest BCUT2D eigenvalue weighted by atomic mass is 9.76. The lowest BCUT2D eigenvalue weighted by molar-refractivity contribution is -0.135. The number of piperidine rings is 2. The predicted molar refractivity (Wildman–Crippen MR) is 234 cm³/mol. The van der Waals surface area contributed by atoms with E-state index in [4.69, 9.17) is 20.9 Å². The first-order valence-corrected chi connectivity index (χ1v) is 22.7. The number of fused-ring (bicyclic) bond motifs is 3. The number of aliphatic imine (C=N–C) groups is 1. The summed E-state index contributed by atoms with van der Waals surface area (Å²) in [7, 11) is 1.69. The maximum absolute atomic E-state index is 15.7. The highest BCUT2D eigenvalue weighted by Gasteiger charge is 2.41. The fraction of sp³-hybridized carbons (Fsp3) is 0.578. The lowest BCUT2D eigenvalue weighted by Gasteiger charge is -2.42. The predicted octanol–water partition coefficient (Wildman–Crippen LogP) is 2.94. The number of imide groups is 1. The molecule has 9 rings (SSSR count). The standard InChI is InChI=1S/C45H56F3N11O6/c1-56-40-30(3-2-4-34(40)59(45(56)63)35-9-10-38(60)55-44(35)62)25-15-28(16-25)65-36-12-14-57(22-32(36)46)20-24-5-7-26(8-6-24)52-19-33(39(50)41(47)48)53-43(61)31(18-49)42-51-13-11-37(54-42)58-21-29-17-27(58)23-64-29/h2-4,11,13,18-19,24-29,32,35-36,41H,5-10,12,14-17,20-23,49-50H2,1H3,(H,53,61)(H,55,60,62)/t24?,25?,26?,27-,28?,29-,32-,35?,36-/m1/s1. The molecule has 2 saturated carbocycles. The van der Waals surface area contributed by atoms with Crippen LogP contribution >= 0.6 is 0 Å². The van der Waals surface area contributed by atoms with Crippen LogP contribution in [0, 0.1) is 5.92 Å². The number of aryl methyl sites for hydroxylation is 1. The van der Waals surface area contributed by atoms with E-state index >= 15 is 4.39 Å². The number of para-hydroxylation sites is 1. The first kappa shape index (κ1) is 44.6. The summed E-state index contributed by atoms with van der Waals surface area (Å²) in [6.07, 6.45) is 5.40. The summed E-state index contributed by atoms with van der Waals surface area (Å²) in [5.41, 5.74) is 12.4. The number of amides is 3. The van der Waals surface area contributed by atoms with Crippen molar-refractivity contribution >= 4 is 46.4 Å². The second kappa shape index (κ2) is 18.7. The van der Waals surface area contributed by atoms with Crippen molar-refractivity contribution in [3.8, 4) is 0 Å². The molecule has 4 saturated heterocycles. The van der Waals surface area contributed by atoms with E-state index in [2.05, 4.69) is 35.4 Å². The number of carbonyl (C=O) groups is 3. The van der Waals surface area contributed by atoms with Gasteiger partial charge in [0.15, 0.2) is 5.82 Å². The van der Waals surface area contributed by atoms with Gasteiger partial charge < -0.3 is 31.2 Å². The van der Waals surface area contributed by atoms with Crippen molar-refractivity contribution in [2.45, 2.75) is 119 Å². The number of morpholine rings is 1. The Morgan fingerprint density at radius 2 is 1.89 bits per heavy atom. The average molecular weight is 904 g/mol. The minimum atomic E-state index is -3.04. The monoisotopic (exact) mass is 903 g/mol. The number of aromatic nitrogens is 4. The number of rotatable bonds is 13. The molecule has 6 heterocycles. The van der Waals surface area contributed by atoms with Crippen LogP contribution in [0.1, 0.15) is 87.6 Å². The Balaban J connectivity index is 0.736. The third-order valence-corrected chi connectivity index (χ3v) is 14.2. The molecule has 6 N–H and O–H groups in total. The highest BCUT2D eigenvalue weighted by molar-refractivity contribution is 6.19. The fourth-order valence-electron chi connectivity index (χ4n) is 10.5. The van der Waals surface area contributed by atoms with Gasteiger partial charge in [-0.3, -0.25) is 38.7 Å². The second-order valence-corrected chi connectivity index (χ2v) is 18.3. The van der Waals surface area contributed by atoms with Gasteiger partial charge in [0.05, 0.1) is 59.3 Å². The largest absolute Gasteiger partial charge is 0.404 e. The molecular formula is C45H56F3N11O6. The molecule has 2 bridgehead atoms. The SMILES string of the molecule is Cn1c(=O)n(C2CCC(=O)NC2=O)c2cccc(C3CC(O[C@@H]4CCN(CC5CCC(N=CC(NC(=O)C(=CN)c6nccc(N7C[C@H]8C[C@@H]7CO8)n6)=C(N)C(F)F)CC5)C[C@H]4F)C3)c21. The van der Waals surface area contributed by atoms with E-state index in [9.17, 15) is 28.0 Å². The summed E-state index contributed by atoms with van der Waals surface area (Å²) in [5.74, 6) is -0.520. The van der Waals surface area contributed by atoms with Crippen molar-refractivity contribution in [3.05, 3.63) is 69.9 Å². The molecule has 0 radical (unpaired) electrons. The molecule has 2 aliphatic carbocycles. The van der Waals surface area contributed by atoms with E-state index in [1.807, 2.05) is 18.2 Å². The number of nitrogens with zero attached hydrogens (tertiary/aromatic N) is 7. The van der Waals surface area contributed by atoms with Gasteiger partial charge in [0, 0.05) is 58.3 Å². The number of benzene rings is 1. The maximum Gasteiger partial charge on any atom is 0.329 e. The summed E-state index contributed by atoms with van der Waals surface area (Å²) in [6, 6.07) is 6.69. The summed E-state index contributed by atoms with van der Waals surface area (Å²) >= 11 is 0. The molecule has 5 atom stereocenters. The quantitative estimate of drug-likeness (QED) is 0.111. The van der Waals surface area contributed by atoms with Crippen molar-refractivity contribution in [1.82, 2.24) is 34.6 Å². The molecule has 6 fully saturated rings. The molecule has 20 heteroatoms. The number of likely N-dealkylation sites (tertiary alicyclic amines) is 1. The first-order chi connectivity index (χ1) is 31.3. The van der Waals surface area contributed by atoms with Crippen LogP contribution in [-0.2, 0) is 30.9 Å². The van der Waals surface area contributed by atoms with Gasteiger partial charge in [-0.15, -0.1) is 0 Å². The molecule has 17 nitrogen and oxygen atoms in total. The van der Waals surface area contributed by atoms with Crippen molar-refractivity contribution in [1.29, 1.82) is 0 Å². The van der Waals surface area contributed by atoms with Crippen molar-refractivity contribution in [2.75, 3.05) is 37.7 Å². The van der Waals surface area contributed by atoms with Crippen LogP contribution in [0.5, 0.6) is 0 Å². The molecule has 2 aromatic heterocycles. The van der Waals surface area contributed by atoms with Crippen LogP contribution in [0.25, 0.3) is 16.6 Å². The normalized spacial score (nSPS) is 30.3. The second-order valence-electron chi connectivity index (χ2n) is 18.3. The van der Waals surface area contributed by atoms with Crippen molar-refractivity contribution in [3.63, 3.8) is 0 Å². The van der Waals surface area contributed by atoms with Crippen molar-refractivity contribution < 1.29 is 37.0 Å². The number of halogens is 3. The van der Waals surface area contributed by atoms with Gasteiger partial charge >= 0.3 is 5.69 Å². The molecule has 3 aromatic rings. The number of hydrogen-bond acceptors (Lipinski definition) is 13. The zero-order valence-electron chi connectivity index (χ0n) is 36.3. The topological polar surface area (TPSA) is 217 Å². The van der Waals surface area contributed by atoms with Crippen LogP contribution in [0.2, 0.25) is 0 Å². The van der Waals surface area contributed by atoms with Gasteiger partial charge in [-0.25, -0.2) is 27.9 Å². The number of nitrogens with two attached hydrogens (primary N) is 2. The van der Waals surface area contributed by atoms with Gasteiger partial charge in [0.1, 0.15) is 23.7 Å². The van der Waals surface area contributed by atoms with E-state index in [0.717, 1.165) is 43.1 Å². The summed E-state index contributed by atoms with van der Waals surface area (Å²) in [4.78, 5) is 68.8. The number of alkyl halides is 3. The summed E-state index contributed by atoms with van der Waals surface area (Å²) < 4.78 is 58.5. The van der Waals surface area contributed by atoms with E-state index in [1.165, 1.54) is 17.0 Å². The van der Waals surface area contributed by atoms with Gasteiger partial charge in [-0.05, 0) is 87.3 Å². The van der Waals surface area contributed by atoms with Crippen LogP contribution in [0.4, 0.5) is 19.0 Å². The first-order valence-electron chi connectivity index (χ1n) is 22.7. The summed E-state index contributed by atoms with van der Waals surface area (Å²) in [6.45, 7) is 2.98. The molecule has 65 heavy (non-hydrogen) atoms. The number of nitrogens with one attached hydrogen (secondary N) is 2. The van der Waals surface area contributed by atoms with Crippen molar-refractivity contribution in [2.24, 2.45) is 29.4 Å². The third kappa shape index (κ3) is 9.16.